The molecule has 0 heterocycles. The Morgan fingerprint density at radius 3 is 2.22 bits per heavy atom. The average Bonchev–Trinajstić information content (AvgIpc) is 2.34. The van der Waals surface area contributed by atoms with Gasteiger partial charge in [-0.2, -0.15) is 0 Å². The van der Waals surface area contributed by atoms with E-state index in [0.29, 0.717) is 0 Å². The summed E-state index contributed by atoms with van der Waals surface area (Å²) in [5, 5.41) is 2.44. The zero-order valence-electron chi connectivity index (χ0n) is 11.1. The van der Waals surface area contributed by atoms with Gasteiger partial charge in [0.15, 0.2) is 0 Å². The first-order valence-electron chi connectivity index (χ1n) is 6.58. The van der Waals surface area contributed by atoms with Crippen molar-refractivity contribution in [3.05, 3.63) is 35.9 Å². The third-order valence-corrected chi connectivity index (χ3v) is 2.89. The Morgan fingerprint density at radius 2 is 1.56 bits per heavy atom. The smallest absolute Gasteiger partial charge is 0.0796 e. The summed E-state index contributed by atoms with van der Waals surface area (Å²) >= 11 is 0. The van der Waals surface area contributed by atoms with Crippen LogP contribution in [0.2, 0.25) is 0 Å². The van der Waals surface area contributed by atoms with E-state index in [1.165, 1.54) is 50.8 Å². The fraction of sp³-hybridized carbons (Fsp3) is 0.571. The van der Waals surface area contributed by atoms with E-state index in [1.807, 2.05) is 0 Å². The quantitative estimate of drug-likeness (QED) is 0.423. The van der Waals surface area contributed by atoms with Crippen LogP contribution in [-0.2, 0) is 6.42 Å². The molecule has 4 heteroatoms. The summed E-state index contributed by atoms with van der Waals surface area (Å²) in [5.41, 5.74) is 5.31. The molecule has 0 aliphatic heterocycles. The molecule has 2 nitrogen and oxygen atoms in total. The van der Waals surface area contributed by atoms with E-state index in [9.17, 15) is 0 Å². The first-order valence-corrected chi connectivity index (χ1v) is 6.58. The van der Waals surface area contributed by atoms with E-state index in [1.54, 1.807) is 0 Å². The zero-order valence-corrected chi connectivity index (χ0v) is 13.4. The van der Waals surface area contributed by atoms with Gasteiger partial charge in [0.05, 0.1) is 19.6 Å². The van der Waals surface area contributed by atoms with Gasteiger partial charge in [-0.1, -0.05) is 30.3 Å². The first-order chi connectivity index (χ1) is 7.93. The summed E-state index contributed by atoms with van der Waals surface area (Å²) in [5.74, 6) is 0. The van der Waals surface area contributed by atoms with Gasteiger partial charge in [0.1, 0.15) is 0 Å². The van der Waals surface area contributed by atoms with Gasteiger partial charge in [-0.25, -0.2) is 0 Å². The minimum absolute atomic E-state index is 0. The number of hydrogen-bond donors (Lipinski definition) is 2. The van der Waals surface area contributed by atoms with Crippen molar-refractivity contribution in [2.75, 3.05) is 19.6 Å². The molecule has 0 atom stereocenters. The van der Waals surface area contributed by atoms with E-state index in [0.717, 1.165) is 6.54 Å². The highest BCUT2D eigenvalue weighted by Gasteiger charge is 1.95. The Labute approximate surface area is 128 Å². The normalized spacial score (nSPS) is 9.39. The molecule has 106 valence electrons. The van der Waals surface area contributed by atoms with Crippen LogP contribution in [0.25, 0.3) is 0 Å². The minimum atomic E-state index is 0. The number of benzene rings is 1. The predicted molar refractivity (Wildman–Crippen MR) is 68.0 cm³/mol. The van der Waals surface area contributed by atoms with Crippen molar-refractivity contribution in [2.45, 2.75) is 32.1 Å². The van der Waals surface area contributed by atoms with Gasteiger partial charge in [0.25, 0.3) is 0 Å². The molecule has 0 amide bonds. The fourth-order valence-electron chi connectivity index (χ4n) is 1.88. The van der Waals surface area contributed by atoms with E-state index >= 15 is 0 Å². The maximum Gasteiger partial charge on any atom is 0.0796 e. The van der Waals surface area contributed by atoms with Crippen LogP contribution in [-0.4, -0.2) is 19.6 Å². The molecule has 1 aromatic carbocycles. The molecule has 0 radical (unpaired) electrons. The number of hydrogen-bond acceptors (Lipinski definition) is 0. The first kappa shape index (κ1) is 20.2. The topological polar surface area (TPSA) is 44.2 Å². The second kappa shape index (κ2) is 15.0. The van der Waals surface area contributed by atoms with Crippen molar-refractivity contribution in [3.8, 4) is 0 Å². The standard InChI is InChI=1S/C14H24N2.BrH.ClH/c15-11-6-1-2-7-12-16-13-10-14-8-4-3-5-9-14;;/h3-5,8-9,16H,1-2,6-7,10-13,15H2;2*1H. The van der Waals surface area contributed by atoms with Crippen molar-refractivity contribution < 1.29 is 40.4 Å². The largest absolute Gasteiger partial charge is 1.00 e. The molecule has 0 spiro atoms. The lowest BCUT2D eigenvalue weighted by Gasteiger charge is -2.02. The molecule has 0 saturated heterocycles. The SMILES string of the molecule is [Br-].[Cl-].[NH3+]CCCCCC[NH2+]CCc1ccccc1. The molecule has 0 saturated carbocycles. The van der Waals surface area contributed by atoms with E-state index in [2.05, 4.69) is 41.4 Å². The van der Waals surface area contributed by atoms with Crippen LogP contribution in [0.15, 0.2) is 30.3 Å². The van der Waals surface area contributed by atoms with Gasteiger partial charge in [-0.15, -0.1) is 0 Å². The van der Waals surface area contributed by atoms with Crippen LogP contribution in [0.3, 0.4) is 0 Å². The summed E-state index contributed by atoms with van der Waals surface area (Å²) in [6.07, 6.45) is 6.58. The average molecular weight is 338 g/mol. The zero-order chi connectivity index (χ0) is 11.5. The summed E-state index contributed by atoms with van der Waals surface area (Å²) in [6.45, 7) is 3.60. The lowest BCUT2D eigenvalue weighted by molar-refractivity contribution is -0.654. The Bertz CT molecular complexity index is 257. The van der Waals surface area contributed by atoms with E-state index in [4.69, 9.17) is 0 Å². The van der Waals surface area contributed by atoms with Crippen molar-refractivity contribution in [2.24, 2.45) is 0 Å². The summed E-state index contributed by atoms with van der Waals surface area (Å²) in [6, 6.07) is 10.7. The van der Waals surface area contributed by atoms with Crippen molar-refractivity contribution in [1.29, 1.82) is 0 Å². The minimum Gasteiger partial charge on any atom is -1.00 e. The number of nitrogens with two attached hydrogens (primary N) is 1. The highest BCUT2D eigenvalue weighted by molar-refractivity contribution is 5.14. The number of quaternary nitrogens is 2. The van der Waals surface area contributed by atoms with Gasteiger partial charge in [0, 0.05) is 6.42 Å². The molecule has 1 aromatic rings. The molecule has 0 fully saturated rings. The monoisotopic (exact) mass is 336 g/mol. The lowest BCUT2D eigenvalue weighted by atomic mass is 10.1. The van der Waals surface area contributed by atoms with Gasteiger partial charge in [-0.3, -0.25) is 0 Å². The molecule has 18 heavy (non-hydrogen) atoms. The van der Waals surface area contributed by atoms with Crippen LogP contribution < -0.4 is 40.4 Å². The number of unbranched alkanes of at least 4 members (excludes halogenated alkanes) is 3. The number of rotatable bonds is 9. The molecular formula is C14H26BrClN2. The molecule has 0 aliphatic rings. The van der Waals surface area contributed by atoms with Crippen molar-refractivity contribution in [1.82, 2.24) is 0 Å². The second-order valence-electron chi connectivity index (χ2n) is 4.37. The Morgan fingerprint density at radius 1 is 0.889 bits per heavy atom. The maximum absolute atomic E-state index is 3.86. The molecular weight excluding hydrogens is 312 g/mol. The molecule has 0 bridgehead atoms. The van der Waals surface area contributed by atoms with Gasteiger partial charge < -0.3 is 40.4 Å². The third kappa shape index (κ3) is 11.0. The van der Waals surface area contributed by atoms with Crippen LogP contribution >= 0.6 is 0 Å². The second-order valence-corrected chi connectivity index (χ2v) is 4.37. The van der Waals surface area contributed by atoms with Crippen LogP contribution in [0.4, 0.5) is 0 Å². The predicted octanol–water partition coefficient (Wildman–Crippen LogP) is -5.40. The Hall–Kier alpha value is -0.0900. The molecule has 0 aromatic heterocycles. The highest BCUT2D eigenvalue weighted by atomic mass is 79.9. The third-order valence-electron chi connectivity index (χ3n) is 2.89. The van der Waals surface area contributed by atoms with Gasteiger partial charge in [0.2, 0.25) is 0 Å². The summed E-state index contributed by atoms with van der Waals surface area (Å²) < 4.78 is 0. The number of halogens is 2. The Kier molecular flexibility index (Phi) is 16.8. The van der Waals surface area contributed by atoms with Crippen LogP contribution in [0, 0.1) is 0 Å². The summed E-state index contributed by atoms with van der Waals surface area (Å²) in [7, 11) is 0. The van der Waals surface area contributed by atoms with Gasteiger partial charge >= 0.3 is 0 Å². The van der Waals surface area contributed by atoms with Crippen LogP contribution in [0.5, 0.6) is 0 Å². The Balaban J connectivity index is 0. The van der Waals surface area contributed by atoms with Crippen molar-refractivity contribution in [3.63, 3.8) is 0 Å². The lowest BCUT2D eigenvalue weighted by Crippen LogP contribution is -3.00. The molecule has 1 rings (SSSR count). The van der Waals surface area contributed by atoms with Gasteiger partial charge in [-0.05, 0) is 31.2 Å². The van der Waals surface area contributed by atoms with E-state index in [-0.39, 0.29) is 29.4 Å². The van der Waals surface area contributed by atoms with Crippen LogP contribution in [0.1, 0.15) is 31.2 Å². The highest BCUT2D eigenvalue weighted by Crippen LogP contribution is 1.97. The fourth-order valence-corrected chi connectivity index (χ4v) is 1.88. The van der Waals surface area contributed by atoms with Crippen molar-refractivity contribution >= 4 is 0 Å². The maximum atomic E-state index is 3.86. The molecule has 0 unspecified atom stereocenters. The summed E-state index contributed by atoms with van der Waals surface area (Å²) in [4.78, 5) is 0. The van der Waals surface area contributed by atoms with E-state index < -0.39 is 0 Å². The molecule has 0 aliphatic carbocycles. The molecule has 5 N–H and O–H groups in total.